The number of Topliss-reactive ketones (excluding diaryl/α,β-unsaturated/α-hetero) is 1. The molecule has 2 aromatic carbocycles. The summed E-state index contributed by atoms with van der Waals surface area (Å²) in [5.74, 6) is -6.81. The largest absolute Gasteiger partial charge is 0.455 e. The van der Waals surface area contributed by atoms with Crippen LogP contribution in [0, 0.1) is 17.2 Å². The SMILES string of the molecule is CC(=O)c1ccc(-c2ccc([C@H](N(CC#N)C(=O)[C@@H](N)CC(C)C)C(F)(F)C(F)(F)F)cc2)cc1. The third-order valence-corrected chi connectivity index (χ3v) is 5.45. The normalized spacial score (nSPS) is 13.7. The molecule has 1 amide bonds. The quantitative estimate of drug-likeness (QED) is 0.282. The first kappa shape index (κ1) is 27.9. The van der Waals surface area contributed by atoms with Crippen LogP contribution in [0.25, 0.3) is 11.1 Å². The highest BCUT2D eigenvalue weighted by molar-refractivity contribution is 5.94. The summed E-state index contributed by atoms with van der Waals surface area (Å²) in [4.78, 5) is 24.5. The Balaban J connectivity index is 2.55. The van der Waals surface area contributed by atoms with Gasteiger partial charge >= 0.3 is 12.1 Å². The molecule has 0 unspecified atom stereocenters. The molecular formula is C25H26F5N3O2. The number of benzene rings is 2. The van der Waals surface area contributed by atoms with Crippen molar-refractivity contribution < 1.29 is 31.5 Å². The van der Waals surface area contributed by atoms with Crippen molar-refractivity contribution in [2.75, 3.05) is 6.54 Å². The fourth-order valence-electron chi connectivity index (χ4n) is 3.69. The third kappa shape index (κ3) is 6.42. The fourth-order valence-corrected chi connectivity index (χ4v) is 3.69. The zero-order valence-corrected chi connectivity index (χ0v) is 19.4. The fraction of sp³-hybridized carbons (Fsp3) is 0.400. The van der Waals surface area contributed by atoms with Gasteiger partial charge < -0.3 is 10.6 Å². The lowest BCUT2D eigenvalue weighted by atomic mass is 9.94. The highest BCUT2D eigenvalue weighted by atomic mass is 19.4. The van der Waals surface area contributed by atoms with Crippen molar-refractivity contribution in [3.63, 3.8) is 0 Å². The number of halogens is 5. The molecule has 0 aliphatic rings. The number of nitrogens with two attached hydrogens (primary N) is 1. The van der Waals surface area contributed by atoms with Crippen molar-refractivity contribution in [2.24, 2.45) is 11.7 Å². The Kier molecular flexibility index (Phi) is 8.74. The maximum absolute atomic E-state index is 14.8. The molecule has 0 radical (unpaired) electrons. The molecule has 0 bridgehead atoms. The van der Waals surface area contributed by atoms with Crippen molar-refractivity contribution >= 4 is 11.7 Å². The number of alkyl halides is 5. The van der Waals surface area contributed by atoms with Crippen LogP contribution in [0.4, 0.5) is 22.0 Å². The van der Waals surface area contributed by atoms with Crippen LogP contribution < -0.4 is 5.73 Å². The summed E-state index contributed by atoms with van der Waals surface area (Å²) >= 11 is 0. The topological polar surface area (TPSA) is 87.2 Å². The van der Waals surface area contributed by atoms with E-state index in [1.54, 1.807) is 38.1 Å². The van der Waals surface area contributed by atoms with Crippen LogP contribution in [0.5, 0.6) is 0 Å². The van der Waals surface area contributed by atoms with Crippen LogP contribution in [-0.4, -0.2) is 41.3 Å². The highest BCUT2D eigenvalue weighted by Gasteiger charge is 2.65. The summed E-state index contributed by atoms with van der Waals surface area (Å²) in [7, 11) is 0. The zero-order valence-electron chi connectivity index (χ0n) is 19.4. The lowest BCUT2D eigenvalue weighted by molar-refractivity contribution is -0.303. The first-order valence-electron chi connectivity index (χ1n) is 10.8. The lowest BCUT2D eigenvalue weighted by Crippen LogP contribution is -2.55. The Morgan fingerprint density at radius 1 is 0.971 bits per heavy atom. The van der Waals surface area contributed by atoms with E-state index >= 15 is 0 Å². The van der Waals surface area contributed by atoms with Gasteiger partial charge in [-0.05, 0) is 36.0 Å². The summed E-state index contributed by atoms with van der Waals surface area (Å²) < 4.78 is 70.0. The van der Waals surface area contributed by atoms with Gasteiger partial charge in [-0.2, -0.15) is 27.2 Å². The van der Waals surface area contributed by atoms with Gasteiger partial charge in [0.15, 0.2) is 5.78 Å². The molecule has 2 rings (SSSR count). The second-order valence-corrected chi connectivity index (χ2v) is 8.64. The first-order chi connectivity index (χ1) is 16.2. The van der Waals surface area contributed by atoms with Gasteiger partial charge in [0, 0.05) is 5.56 Å². The highest BCUT2D eigenvalue weighted by Crippen LogP contribution is 2.47. The van der Waals surface area contributed by atoms with Crippen LogP contribution in [0.3, 0.4) is 0 Å². The molecule has 0 heterocycles. The van der Waals surface area contributed by atoms with E-state index in [2.05, 4.69) is 0 Å². The average molecular weight is 495 g/mol. The molecule has 0 spiro atoms. The maximum Gasteiger partial charge on any atom is 0.455 e. The maximum atomic E-state index is 14.8. The second-order valence-electron chi connectivity index (χ2n) is 8.64. The molecule has 5 nitrogen and oxygen atoms in total. The van der Waals surface area contributed by atoms with Crippen LogP contribution in [0.15, 0.2) is 48.5 Å². The monoisotopic (exact) mass is 495 g/mol. The van der Waals surface area contributed by atoms with Crippen LogP contribution in [0.2, 0.25) is 0 Å². The van der Waals surface area contributed by atoms with E-state index in [1.165, 1.54) is 25.1 Å². The molecule has 0 aromatic heterocycles. The van der Waals surface area contributed by atoms with E-state index in [-0.39, 0.29) is 23.0 Å². The number of rotatable bonds is 9. The standard InChI is InChI=1S/C25H26F5N3O2/c1-15(2)14-21(32)23(35)33(13-12-31)22(24(26,27)25(28,29)30)20-10-8-19(9-11-20)18-6-4-17(5-7-18)16(3)34/h4-11,15,21-22H,13-14,32H2,1-3H3/t21-,22-/m0/s1. The van der Waals surface area contributed by atoms with Crippen LogP contribution >= 0.6 is 0 Å². The zero-order chi connectivity index (χ0) is 26.6. The summed E-state index contributed by atoms with van der Waals surface area (Å²) in [6, 6.07) is 8.51. The smallest absolute Gasteiger partial charge is 0.320 e. The number of nitriles is 1. The number of carbonyl (C=O) groups is 2. The van der Waals surface area contributed by atoms with Gasteiger partial charge in [0.05, 0.1) is 12.1 Å². The van der Waals surface area contributed by atoms with E-state index in [1.807, 2.05) is 0 Å². The van der Waals surface area contributed by atoms with Gasteiger partial charge in [0.1, 0.15) is 12.6 Å². The molecule has 2 atom stereocenters. The summed E-state index contributed by atoms with van der Waals surface area (Å²) in [6.07, 6.45) is -5.95. The Bertz CT molecular complexity index is 1070. The average Bonchev–Trinajstić information content (AvgIpc) is 2.77. The number of nitrogens with zero attached hydrogens (tertiary/aromatic N) is 2. The minimum absolute atomic E-state index is 0.0419. The van der Waals surface area contributed by atoms with Crippen molar-refractivity contribution in [3.05, 3.63) is 59.7 Å². The second kappa shape index (κ2) is 11.0. The number of carbonyl (C=O) groups excluding carboxylic acids is 2. The molecule has 0 saturated carbocycles. The molecule has 0 saturated heterocycles. The minimum Gasteiger partial charge on any atom is -0.320 e. The Morgan fingerprint density at radius 2 is 1.46 bits per heavy atom. The van der Waals surface area contributed by atoms with Gasteiger partial charge in [0.2, 0.25) is 5.91 Å². The van der Waals surface area contributed by atoms with Gasteiger partial charge in [-0.25, -0.2) is 0 Å². The van der Waals surface area contributed by atoms with E-state index in [0.29, 0.717) is 16.7 Å². The van der Waals surface area contributed by atoms with Crippen molar-refractivity contribution in [1.82, 2.24) is 4.90 Å². The Labute approximate surface area is 200 Å². The molecule has 2 aromatic rings. The third-order valence-electron chi connectivity index (χ3n) is 5.45. The predicted octanol–water partition coefficient (Wildman–Crippen LogP) is 5.52. The molecule has 35 heavy (non-hydrogen) atoms. The number of hydrogen-bond acceptors (Lipinski definition) is 4. The summed E-state index contributed by atoms with van der Waals surface area (Å²) in [5.41, 5.74) is 6.85. The van der Waals surface area contributed by atoms with E-state index < -0.39 is 42.2 Å². The summed E-state index contributed by atoms with van der Waals surface area (Å²) in [6.45, 7) is 3.82. The number of ketones is 1. The molecule has 0 aliphatic heterocycles. The lowest BCUT2D eigenvalue weighted by Gasteiger charge is -2.38. The number of amides is 1. The van der Waals surface area contributed by atoms with Gasteiger partial charge in [0.25, 0.3) is 0 Å². The van der Waals surface area contributed by atoms with E-state index in [9.17, 15) is 31.5 Å². The van der Waals surface area contributed by atoms with E-state index in [4.69, 9.17) is 11.0 Å². The first-order valence-corrected chi connectivity index (χ1v) is 10.8. The molecular weight excluding hydrogens is 469 g/mol. The molecule has 0 aliphatic carbocycles. The van der Waals surface area contributed by atoms with Crippen LogP contribution in [-0.2, 0) is 4.79 Å². The molecule has 188 valence electrons. The molecule has 0 fully saturated rings. The van der Waals surface area contributed by atoms with Crippen molar-refractivity contribution in [3.8, 4) is 17.2 Å². The minimum atomic E-state index is -5.99. The van der Waals surface area contributed by atoms with E-state index in [0.717, 1.165) is 12.1 Å². The van der Waals surface area contributed by atoms with Gasteiger partial charge in [-0.1, -0.05) is 62.4 Å². The Morgan fingerprint density at radius 3 is 1.86 bits per heavy atom. The van der Waals surface area contributed by atoms with Crippen LogP contribution in [0.1, 0.15) is 49.2 Å². The summed E-state index contributed by atoms with van der Waals surface area (Å²) in [5, 5.41) is 9.13. The molecule has 2 N–H and O–H groups in total. The molecule has 10 heteroatoms. The van der Waals surface area contributed by atoms with Gasteiger partial charge in [-0.15, -0.1) is 0 Å². The predicted molar refractivity (Wildman–Crippen MR) is 120 cm³/mol. The number of hydrogen-bond donors (Lipinski definition) is 1. The van der Waals surface area contributed by atoms with Crippen molar-refractivity contribution in [2.45, 2.75) is 51.4 Å². The van der Waals surface area contributed by atoms with Gasteiger partial charge in [-0.3, -0.25) is 9.59 Å². The van der Waals surface area contributed by atoms with Crippen molar-refractivity contribution in [1.29, 1.82) is 5.26 Å². The Hall–Kier alpha value is -3.32.